The van der Waals surface area contributed by atoms with Crippen LogP contribution < -0.4 is 10.5 Å². The van der Waals surface area contributed by atoms with Crippen LogP contribution >= 0.6 is 0 Å². The van der Waals surface area contributed by atoms with E-state index in [0.29, 0.717) is 12.0 Å². The van der Waals surface area contributed by atoms with Gasteiger partial charge in [-0.3, -0.25) is 4.90 Å². The van der Waals surface area contributed by atoms with Gasteiger partial charge in [0.05, 0.1) is 18.4 Å². The van der Waals surface area contributed by atoms with Crippen LogP contribution in [0.3, 0.4) is 0 Å². The quantitative estimate of drug-likeness (QED) is 0.881. The van der Waals surface area contributed by atoms with Crippen molar-refractivity contribution in [2.24, 2.45) is 24.6 Å². The summed E-state index contributed by atoms with van der Waals surface area (Å²) < 4.78 is 7.30. The van der Waals surface area contributed by atoms with Crippen molar-refractivity contribution in [3.63, 3.8) is 0 Å². The molecule has 1 aromatic heterocycles. The first kappa shape index (κ1) is 12.9. The molecular weight excluding hydrogens is 240 g/mol. The highest BCUT2D eigenvalue weighted by Crippen LogP contribution is 2.38. The molecule has 1 saturated carbocycles. The Labute approximate surface area is 114 Å². The molecule has 1 aromatic rings. The van der Waals surface area contributed by atoms with Crippen molar-refractivity contribution in [1.29, 1.82) is 0 Å². The molecule has 106 valence electrons. The van der Waals surface area contributed by atoms with Crippen molar-refractivity contribution >= 4 is 0 Å². The summed E-state index contributed by atoms with van der Waals surface area (Å²) in [6.45, 7) is 5.29. The molecule has 3 rings (SSSR count). The number of nitrogens with zero attached hydrogens (tertiary/aromatic N) is 3. The van der Waals surface area contributed by atoms with Crippen LogP contribution in [0, 0.1) is 18.8 Å². The standard InChI is InChI=1S/C14H24N4O/c1-9-11(14(19-3)17(2)16-9)7-18-6-10-4-5-13(15)12(10)8-18/h10,12-13H,4-8,15H2,1-3H3. The van der Waals surface area contributed by atoms with Crippen LogP contribution in [0.4, 0.5) is 0 Å². The second kappa shape index (κ2) is 4.80. The number of methoxy groups -OCH3 is 1. The fraction of sp³-hybridized carbons (Fsp3) is 0.786. The molecule has 3 atom stereocenters. The van der Waals surface area contributed by atoms with Crippen LogP contribution in [0.25, 0.3) is 0 Å². The molecule has 0 spiro atoms. The highest BCUT2D eigenvalue weighted by Gasteiger charge is 2.41. The molecule has 2 aliphatic rings. The maximum absolute atomic E-state index is 6.20. The zero-order chi connectivity index (χ0) is 13.6. The number of ether oxygens (including phenoxy) is 1. The summed E-state index contributed by atoms with van der Waals surface area (Å²) in [6, 6.07) is 0.409. The molecule has 2 N–H and O–H groups in total. The minimum absolute atomic E-state index is 0.409. The predicted octanol–water partition coefficient (Wildman–Crippen LogP) is 0.906. The van der Waals surface area contributed by atoms with Crippen molar-refractivity contribution in [2.45, 2.75) is 32.4 Å². The van der Waals surface area contributed by atoms with Crippen molar-refractivity contribution < 1.29 is 4.74 Å². The van der Waals surface area contributed by atoms with Crippen molar-refractivity contribution in [3.05, 3.63) is 11.3 Å². The van der Waals surface area contributed by atoms with Crippen LogP contribution in [-0.4, -0.2) is 40.9 Å². The molecule has 3 unspecified atom stereocenters. The van der Waals surface area contributed by atoms with Gasteiger partial charge in [0.15, 0.2) is 0 Å². The summed E-state index contributed by atoms with van der Waals surface area (Å²) in [5.74, 6) is 2.39. The van der Waals surface area contributed by atoms with Gasteiger partial charge in [0.25, 0.3) is 0 Å². The number of nitrogens with two attached hydrogens (primary N) is 1. The van der Waals surface area contributed by atoms with E-state index < -0.39 is 0 Å². The van der Waals surface area contributed by atoms with E-state index in [1.54, 1.807) is 7.11 Å². The third-order valence-corrected chi connectivity index (χ3v) is 4.85. The van der Waals surface area contributed by atoms with Crippen LogP contribution in [0.15, 0.2) is 0 Å². The lowest BCUT2D eigenvalue weighted by molar-refractivity contribution is 0.288. The highest BCUT2D eigenvalue weighted by molar-refractivity contribution is 5.31. The molecule has 5 heteroatoms. The molecule has 0 aromatic carbocycles. The largest absolute Gasteiger partial charge is 0.481 e. The zero-order valence-electron chi connectivity index (χ0n) is 12.1. The van der Waals surface area contributed by atoms with E-state index in [9.17, 15) is 0 Å². The fourth-order valence-corrected chi connectivity index (χ4v) is 3.87. The first-order valence-corrected chi connectivity index (χ1v) is 7.14. The maximum Gasteiger partial charge on any atom is 0.216 e. The zero-order valence-corrected chi connectivity index (χ0v) is 12.1. The van der Waals surface area contributed by atoms with Gasteiger partial charge in [-0.2, -0.15) is 5.10 Å². The van der Waals surface area contributed by atoms with Crippen molar-refractivity contribution in [1.82, 2.24) is 14.7 Å². The van der Waals surface area contributed by atoms with Gasteiger partial charge in [0, 0.05) is 32.7 Å². The van der Waals surface area contributed by atoms with Gasteiger partial charge in [-0.15, -0.1) is 0 Å². The summed E-state index contributed by atoms with van der Waals surface area (Å²) in [5.41, 5.74) is 8.49. The first-order chi connectivity index (χ1) is 9.10. The third-order valence-electron chi connectivity index (χ3n) is 4.85. The Balaban J connectivity index is 1.73. The lowest BCUT2D eigenvalue weighted by atomic mass is 9.98. The summed E-state index contributed by atoms with van der Waals surface area (Å²) >= 11 is 0. The van der Waals surface area contributed by atoms with E-state index >= 15 is 0 Å². The van der Waals surface area contributed by atoms with Gasteiger partial charge in [0.2, 0.25) is 5.88 Å². The molecular formula is C14H24N4O. The molecule has 2 fully saturated rings. The SMILES string of the molecule is COc1c(CN2CC3CCC(N)C3C2)c(C)nn1C. The van der Waals surface area contributed by atoms with E-state index in [0.717, 1.165) is 30.6 Å². The number of fused-ring (bicyclic) bond motifs is 1. The van der Waals surface area contributed by atoms with Crippen LogP contribution in [0.2, 0.25) is 0 Å². The van der Waals surface area contributed by atoms with E-state index in [4.69, 9.17) is 10.5 Å². The number of aromatic nitrogens is 2. The van der Waals surface area contributed by atoms with Gasteiger partial charge in [-0.1, -0.05) is 0 Å². The van der Waals surface area contributed by atoms with Gasteiger partial charge in [-0.25, -0.2) is 4.68 Å². The Bertz CT molecular complexity index is 470. The highest BCUT2D eigenvalue weighted by atomic mass is 16.5. The minimum atomic E-state index is 0.409. The third kappa shape index (κ3) is 2.15. The Hall–Kier alpha value is -1.07. The van der Waals surface area contributed by atoms with E-state index in [1.165, 1.54) is 24.9 Å². The lowest BCUT2D eigenvalue weighted by Crippen LogP contribution is -2.30. The average molecular weight is 264 g/mol. The van der Waals surface area contributed by atoms with E-state index in [2.05, 4.69) is 16.9 Å². The Morgan fingerprint density at radius 2 is 2.16 bits per heavy atom. The van der Waals surface area contributed by atoms with Gasteiger partial charge >= 0.3 is 0 Å². The number of likely N-dealkylation sites (tertiary alicyclic amines) is 1. The average Bonchev–Trinajstić information content (AvgIpc) is 2.98. The van der Waals surface area contributed by atoms with Gasteiger partial charge < -0.3 is 10.5 Å². The first-order valence-electron chi connectivity index (χ1n) is 7.14. The normalized spacial score (nSPS) is 30.8. The molecule has 0 radical (unpaired) electrons. The smallest absolute Gasteiger partial charge is 0.216 e. The van der Waals surface area contributed by atoms with E-state index in [-0.39, 0.29) is 0 Å². The minimum Gasteiger partial charge on any atom is -0.481 e. The molecule has 2 heterocycles. The van der Waals surface area contributed by atoms with E-state index in [1.807, 2.05) is 11.7 Å². The van der Waals surface area contributed by atoms with Crippen molar-refractivity contribution in [2.75, 3.05) is 20.2 Å². The van der Waals surface area contributed by atoms with Gasteiger partial charge in [-0.05, 0) is 31.6 Å². The summed E-state index contributed by atoms with van der Waals surface area (Å²) in [7, 11) is 3.65. The number of rotatable bonds is 3. The Kier molecular flexibility index (Phi) is 3.27. The number of hydrogen-bond donors (Lipinski definition) is 1. The number of hydrogen-bond acceptors (Lipinski definition) is 4. The monoisotopic (exact) mass is 264 g/mol. The fourth-order valence-electron chi connectivity index (χ4n) is 3.87. The molecule has 0 bridgehead atoms. The Morgan fingerprint density at radius 1 is 1.37 bits per heavy atom. The molecule has 0 amide bonds. The van der Waals surface area contributed by atoms with Crippen LogP contribution in [-0.2, 0) is 13.6 Å². The Morgan fingerprint density at radius 3 is 2.84 bits per heavy atom. The van der Waals surface area contributed by atoms with Crippen LogP contribution in [0.1, 0.15) is 24.1 Å². The maximum atomic E-state index is 6.20. The second-order valence-electron chi connectivity index (χ2n) is 6.06. The lowest BCUT2D eigenvalue weighted by Gasteiger charge is -2.18. The predicted molar refractivity (Wildman–Crippen MR) is 74.0 cm³/mol. The molecule has 5 nitrogen and oxygen atoms in total. The summed E-state index contributed by atoms with van der Waals surface area (Å²) in [6.07, 6.45) is 2.50. The number of aryl methyl sites for hydroxylation is 2. The molecule has 19 heavy (non-hydrogen) atoms. The van der Waals surface area contributed by atoms with Crippen molar-refractivity contribution in [3.8, 4) is 5.88 Å². The molecule has 1 aliphatic carbocycles. The summed E-state index contributed by atoms with van der Waals surface area (Å²) in [5, 5.41) is 4.45. The van der Waals surface area contributed by atoms with Crippen LogP contribution in [0.5, 0.6) is 5.88 Å². The second-order valence-corrected chi connectivity index (χ2v) is 6.06. The van der Waals surface area contributed by atoms with Gasteiger partial charge in [0.1, 0.15) is 0 Å². The topological polar surface area (TPSA) is 56.3 Å². The molecule has 1 saturated heterocycles. The molecule has 1 aliphatic heterocycles. The summed E-state index contributed by atoms with van der Waals surface area (Å²) in [4.78, 5) is 2.51.